The first-order valence-electron chi connectivity index (χ1n) is 7.87. The Kier molecular flexibility index (Phi) is 5.08. The lowest BCUT2D eigenvalue weighted by atomic mass is 10.2. The summed E-state index contributed by atoms with van der Waals surface area (Å²) in [4.78, 5) is 11.9. The number of furan rings is 1. The summed E-state index contributed by atoms with van der Waals surface area (Å²) >= 11 is 0. The molecule has 2 heterocycles. The third kappa shape index (κ3) is 4.11. The maximum absolute atomic E-state index is 11.9. The maximum Gasteiger partial charge on any atom is 0.225 e. The van der Waals surface area contributed by atoms with Crippen molar-refractivity contribution in [3.05, 3.63) is 60.0 Å². The first-order valence-corrected chi connectivity index (χ1v) is 7.87. The van der Waals surface area contributed by atoms with Gasteiger partial charge in [-0.15, -0.1) is 0 Å². The smallest absolute Gasteiger partial charge is 0.225 e. The van der Waals surface area contributed by atoms with E-state index in [4.69, 9.17) is 4.42 Å². The van der Waals surface area contributed by atoms with E-state index in [0.29, 0.717) is 19.5 Å². The second kappa shape index (κ2) is 7.61. The lowest BCUT2D eigenvalue weighted by molar-refractivity contribution is -0.116. The van der Waals surface area contributed by atoms with Gasteiger partial charge in [0.1, 0.15) is 11.5 Å². The molecule has 3 aromatic rings. The van der Waals surface area contributed by atoms with Gasteiger partial charge in [-0.25, -0.2) is 0 Å². The number of aromatic nitrogens is 2. The zero-order valence-electron chi connectivity index (χ0n) is 13.5. The highest BCUT2D eigenvalue weighted by molar-refractivity contribution is 5.91. The van der Waals surface area contributed by atoms with Crippen molar-refractivity contribution in [2.75, 3.05) is 11.9 Å². The number of nitrogens with one attached hydrogen (secondary N) is 3. The average molecular weight is 324 g/mol. The first-order chi connectivity index (χ1) is 11.7. The number of H-pyrrole nitrogens is 1. The molecule has 0 saturated carbocycles. The average Bonchev–Trinajstić information content (AvgIpc) is 3.25. The number of aromatic amines is 1. The molecule has 124 valence electrons. The molecule has 0 atom stereocenters. The van der Waals surface area contributed by atoms with Crippen molar-refractivity contribution in [2.24, 2.45) is 0 Å². The van der Waals surface area contributed by atoms with Gasteiger partial charge in [-0.1, -0.05) is 18.2 Å². The van der Waals surface area contributed by atoms with Crippen molar-refractivity contribution >= 4 is 11.6 Å². The number of carbonyl (C=O) groups excluding carboxylic acids is 1. The molecule has 6 heteroatoms. The normalized spacial score (nSPS) is 10.7. The van der Waals surface area contributed by atoms with Crippen LogP contribution in [0.5, 0.6) is 0 Å². The summed E-state index contributed by atoms with van der Waals surface area (Å²) in [6.45, 7) is 3.13. The summed E-state index contributed by atoms with van der Waals surface area (Å²) in [5, 5.41) is 12.9. The van der Waals surface area contributed by atoms with Gasteiger partial charge < -0.3 is 15.1 Å². The highest BCUT2D eigenvalue weighted by Crippen LogP contribution is 2.19. The van der Waals surface area contributed by atoms with Crippen LogP contribution < -0.4 is 10.6 Å². The number of anilines is 1. The molecule has 0 aliphatic rings. The fourth-order valence-corrected chi connectivity index (χ4v) is 2.35. The Labute approximate surface area is 140 Å². The molecular weight excluding hydrogens is 304 g/mol. The van der Waals surface area contributed by atoms with Gasteiger partial charge in [-0.05, 0) is 36.8 Å². The Balaban J connectivity index is 1.41. The van der Waals surface area contributed by atoms with Gasteiger partial charge in [0.05, 0.1) is 6.54 Å². The number of rotatable bonds is 7. The molecule has 2 aromatic heterocycles. The van der Waals surface area contributed by atoms with Crippen molar-refractivity contribution in [1.29, 1.82) is 0 Å². The minimum Gasteiger partial charge on any atom is -0.458 e. The van der Waals surface area contributed by atoms with Crippen molar-refractivity contribution in [2.45, 2.75) is 19.9 Å². The van der Waals surface area contributed by atoms with Crippen molar-refractivity contribution < 1.29 is 9.21 Å². The second-order valence-electron chi connectivity index (χ2n) is 5.53. The van der Waals surface area contributed by atoms with Crippen LogP contribution in [0.3, 0.4) is 0 Å². The molecule has 0 fully saturated rings. The predicted molar refractivity (Wildman–Crippen MR) is 92.4 cm³/mol. The number of para-hydroxylation sites is 1. The molecule has 0 bridgehead atoms. The number of benzene rings is 1. The van der Waals surface area contributed by atoms with Crippen LogP contribution in [0.2, 0.25) is 0 Å². The van der Waals surface area contributed by atoms with Gasteiger partial charge in [0, 0.05) is 24.8 Å². The van der Waals surface area contributed by atoms with Crippen LogP contribution in [0, 0.1) is 6.92 Å². The van der Waals surface area contributed by atoms with Crippen molar-refractivity contribution in [3.63, 3.8) is 0 Å². The Hall–Kier alpha value is -2.86. The number of hydrogen-bond acceptors (Lipinski definition) is 4. The van der Waals surface area contributed by atoms with E-state index in [1.165, 1.54) is 0 Å². The molecule has 3 rings (SSSR count). The van der Waals surface area contributed by atoms with Crippen LogP contribution in [0.25, 0.3) is 11.5 Å². The minimum atomic E-state index is -0.00519. The van der Waals surface area contributed by atoms with Crippen LogP contribution in [-0.2, 0) is 11.3 Å². The number of nitrogens with zero attached hydrogens (tertiary/aromatic N) is 1. The summed E-state index contributed by atoms with van der Waals surface area (Å²) in [6, 6.07) is 13.4. The molecule has 0 unspecified atom stereocenters. The van der Waals surface area contributed by atoms with E-state index in [9.17, 15) is 4.79 Å². The lowest BCUT2D eigenvalue weighted by Gasteiger charge is -2.08. The zero-order chi connectivity index (χ0) is 16.8. The number of hydrogen-bond donors (Lipinski definition) is 3. The molecule has 0 aliphatic heterocycles. The van der Waals surface area contributed by atoms with Crippen LogP contribution in [0.1, 0.15) is 17.7 Å². The maximum atomic E-state index is 11.9. The monoisotopic (exact) mass is 324 g/mol. The molecule has 24 heavy (non-hydrogen) atoms. The van der Waals surface area contributed by atoms with E-state index in [0.717, 1.165) is 28.5 Å². The molecule has 0 aliphatic carbocycles. The Morgan fingerprint density at radius 3 is 2.88 bits per heavy atom. The fourth-order valence-electron chi connectivity index (χ4n) is 2.35. The number of amides is 1. The standard InChI is InChI=1S/C18H20N4O2/c1-13-4-2-3-5-15(13)21-18(23)9-10-19-12-14-6-7-17(24-14)16-8-11-20-22-16/h2-8,11,19H,9-10,12H2,1H3,(H,20,22)(H,21,23). The van der Waals surface area contributed by atoms with Crippen LogP contribution in [0.15, 0.2) is 53.1 Å². The van der Waals surface area contributed by atoms with Gasteiger partial charge in [0.2, 0.25) is 5.91 Å². The molecule has 1 amide bonds. The summed E-state index contributed by atoms with van der Waals surface area (Å²) in [6.07, 6.45) is 2.09. The largest absolute Gasteiger partial charge is 0.458 e. The summed E-state index contributed by atoms with van der Waals surface area (Å²) < 4.78 is 5.71. The van der Waals surface area contributed by atoms with Gasteiger partial charge in [0.15, 0.2) is 5.76 Å². The summed E-state index contributed by atoms with van der Waals surface area (Å²) in [7, 11) is 0. The Morgan fingerprint density at radius 1 is 1.21 bits per heavy atom. The van der Waals surface area contributed by atoms with Gasteiger partial charge in [0.25, 0.3) is 0 Å². The van der Waals surface area contributed by atoms with Crippen molar-refractivity contribution in [3.8, 4) is 11.5 Å². The van der Waals surface area contributed by atoms with Gasteiger partial charge >= 0.3 is 0 Å². The van der Waals surface area contributed by atoms with Crippen LogP contribution >= 0.6 is 0 Å². The molecule has 3 N–H and O–H groups in total. The molecule has 1 aromatic carbocycles. The third-order valence-corrected chi connectivity index (χ3v) is 3.68. The quantitative estimate of drug-likeness (QED) is 0.583. The number of carbonyl (C=O) groups is 1. The topological polar surface area (TPSA) is 83.0 Å². The molecule has 6 nitrogen and oxygen atoms in total. The van der Waals surface area contributed by atoms with E-state index in [2.05, 4.69) is 20.8 Å². The van der Waals surface area contributed by atoms with Crippen LogP contribution in [0.4, 0.5) is 5.69 Å². The van der Waals surface area contributed by atoms with Crippen molar-refractivity contribution in [1.82, 2.24) is 15.5 Å². The molecular formula is C18H20N4O2. The van der Waals surface area contributed by atoms with Gasteiger partial charge in [-0.3, -0.25) is 9.89 Å². The van der Waals surface area contributed by atoms with E-state index in [1.54, 1.807) is 6.20 Å². The van der Waals surface area contributed by atoms with E-state index >= 15 is 0 Å². The van der Waals surface area contributed by atoms with Gasteiger partial charge in [-0.2, -0.15) is 5.10 Å². The molecule has 0 spiro atoms. The Morgan fingerprint density at radius 2 is 2.08 bits per heavy atom. The lowest BCUT2D eigenvalue weighted by Crippen LogP contribution is -2.21. The Bertz CT molecular complexity index is 793. The van der Waals surface area contributed by atoms with Crippen LogP contribution in [-0.4, -0.2) is 22.6 Å². The highest BCUT2D eigenvalue weighted by Gasteiger charge is 2.07. The first kappa shape index (κ1) is 16.0. The van der Waals surface area contributed by atoms with E-state index in [-0.39, 0.29) is 5.91 Å². The summed E-state index contributed by atoms with van der Waals surface area (Å²) in [5.74, 6) is 1.56. The predicted octanol–water partition coefficient (Wildman–Crippen LogP) is 3.10. The van der Waals surface area contributed by atoms with E-state index < -0.39 is 0 Å². The summed E-state index contributed by atoms with van der Waals surface area (Å²) in [5.41, 5.74) is 2.76. The minimum absolute atomic E-state index is 0.00519. The second-order valence-corrected chi connectivity index (χ2v) is 5.53. The zero-order valence-corrected chi connectivity index (χ0v) is 13.5. The highest BCUT2D eigenvalue weighted by atomic mass is 16.3. The SMILES string of the molecule is Cc1ccccc1NC(=O)CCNCc1ccc(-c2ccn[nH]2)o1. The molecule has 0 saturated heterocycles. The molecule has 0 radical (unpaired) electrons. The van der Waals surface area contributed by atoms with E-state index in [1.807, 2.05) is 49.4 Å². The third-order valence-electron chi connectivity index (χ3n) is 3.68. The fraction of sp³-hybridized carbons (Fsp3) is 0.222. The number of aryl methyl sites for hydroxylation is 1.